The van der Waals surface area contributed by atoms with Gasteiger partial charge in [-0.1, -0.05) is 30.3 Å². The molecule has 1 aromatic heterocycles. The molecular formula is C23H25N3O2. The van der Waals surface area contributed by atoms with E-state index in [0.29, 0.717) is 5.88 Å². The number of anilines is 2. The number of methoxy groups -OCH3 is 2. The van der Waals surface area contributed by atoms with Crippen LogP contribution in [0.1, 0.15) is 0 Å². The van der Waals surface area contributed by atoms with E-state index in [1.54, 1.807) is 14.2 Å². The fraction of sp³-hybridized carbons (Fsp3) is 0.261. The zero-order valence-electron chi connectivity index (χ0n) is 16.3. The van der Waals surface area contributed by atoms with Crippen LogP contribution in [0.3, 0.4) is 0 Å². The number of benzene rings is 2. The largest absolute Gasteiger partial charge is 0.497 e. The molecule has 0 saturated carbocycles. The average molecular weight is 375 g/mol. The molecular weight excluding hydrogens is 350 g/mol. The third-order valence-electron chi connectivity index (χ3n) is 5.16. The first-order chi connectivity index (χ1) is 13.8. The Morgan fingerprint density at radius 1 is 0.714 bits per heavy atom. The second-order valence-electron chi connectivity index (χ2n) is 6.76. The average Bonchev–Trinajstić information content (AvgIpc) is 2.79. The van der Waals surface area contributed by atoms with Crippen LogP contribution in [-0.4, -0.2) is 45.4 Å². The first kappa shape index (κ1) is 18.2. The third kappa shape index (κ3) is 3.74. The molecule has 0 bridgehead atoms. The fourth-order valence-electron chi connectivity index (χ4n) is 3.61. The monoisotopic (exact) mass is 375 g/mol. The van der Waals surface area contributed by atoms with Crippen LogP contribution in [-0.2, 0) is 0 Å². The summed E-state index contributed by atoms with van der Waals surface area (Å²) in [5, 5.41) is 0. The molecule has 0 aliphatic carbocycles. The number of rotatable bonds is 5. The van der Waals surface area contributed by atoms with Crippen molar-refractivity contribution in [2.75, 3.05) is 50.2 Å². The van der Waals surface area contributed by atoms with E-state index in [0.717, 1.165) is 48.9 Å². The van der Waals surface area contributed by atoms with Gasteiger partial charge in [-0.3, -0.25) is 0 Å². The maximum atomic E-state index is 5.36. The molecule has 4 rings (SSSR count). The maximum absolute atomic E-state index is 5.36. The highest BCUT2D eigenvalue weighted by Gasteiger charge is 2.21. The molecule has 2 aromatic carbocycles. The Bertz CT molecular complexity index is 905. The van der Waals surface area contributed by atoms with Crippen LogP contribution in [0.2, 0.25) is 0 Å². The van der Waals surface area contributed by atoms with Gasteiger partial charge < -0.3 is 19.3 Å². The van der Waals surface area contributed by atoms with Gasteiger partial charge in [-0.15, -0.1) is 0 Å². The van der Waals surface area contributed by atoms with Crippen molar-refractivity contribution in [1.82, 2.24) is 4.98 Å². The van der Waals surface area contributed by atoms with Crippen LogP contribution in [0.4, 0.5) is 11.4 Å². The summed E-state index contributed by atoms with van der Waals surface area (Å²) in [5.74, 6) is 1.53. The summed E-state index contributed by atoms with van der Waals surface area (Å²) in [6.45, 7) is 3.82. The summed E-state index contributed by atoms with van der Waals surface area (Å²) < 4.78 is 10.6. The van der Waals surface area contributed by atoms with Gasteiger partial charge in [0.2, 0.25) is 5.88 Å². The SMILES string of the molecule is COc1ccc(N2CCN(c3ccc(OC)nc3-c3ccccc3)CC2)cc1. The molecule has 3 aromatic rings. The zero-order chi connectivity index (χ0) is 19.3. The summed E-state index contributed by atoms with van der Waals surface area (Å²) in [5.41, 5.74) is 4.46. The third-order valence-corrected chi connectivity index (χ3v) is 5.16. The lowest BCUT2D eigenvalue weighted by atomic mass is 10.1. The molecule has 144 valence electrons. The van der Waals surface area contributed by atoms with E-state index in [1.807, 2.05) is 36.4 Å². The molecule has 0 amide bonds. The quantitative estimate of drug-likeness (QED) is 0.671. The maximum Gasteiger partial charge on any atom is 0.213 e. The standard InChI is InChI=1S/C23H25N3O2/c1-27-20-10-8-19(9-11-20)25-14-16-26(17-15-25)21-12-13-22(28-2)24-23(21)18-6-4-3-5-7-18/h3-13H,14-17H2,1-2H3. The molecule has 0 atom stereocenters. The van der Waals surface area contributed by atoms with Crippen molar-refractivity contribution in [3.8, 4) is 22.9 Å². The highest BCUT2D eigenvalue weighted by atomic mass is 16.5. The molecule has 1 saturated heterocycles. The smallest absolute Gasteiger partial charge is 0.213 e. The Morgan fingerprint density at radius 3 is 2.04 bits per heavy atom. The lowest BCUT2D eigenvalue weighted by molar-refractivity contribution is 0.398. The van der Waals surface area contributed by atoms with E-state index in [4.69, 9.17) is 14.5 Å². The van der Waals surface area contributed by atoms with Crippen molar-refractivity contribution in [1.29, 1.82) is 0 Å². The summed E-state index contributed by atoms with van der Waals surface area (Å²) in [6.07, 6.45) is 0. The zero-order valence-corrected chi connectivity index (χ0v) is 16.3. The Kier molecular flexibility index (Phi) is 5.33. The van der Waals surface area contributed by atoms with Gasteiger partial charge in [0, 0.05) is 43.5 Å². The number of hydrogen-bond acceptors (Lipinski definition) is 5. The molecule has 1 fully saturated rings. The first-order valence-corrected chi connectivity index (χ1v) is 9.53. The van der Waals surface area contributed by atoms with Gasteiger partial charge >= 0.3 is 0 Å². The summed E-state index contributed by atoms with van der Waals surface area (Å²) >= 11 is 0. The van der Waals surface area contributed by atoms with Crippen molar-refractivity contribution < 1.29 is 9.47 Å². The number of aromatic nitrogens is 1. The number of ether oxygens (including phenoxy) is 2. The topological polar surface area (TPSA) is 37.8 Å². The van der Waals surface area contributed by atoms with Crippen LogP contribution < -0.4 is 19.3 Å². The van der Waals surface area contributed by atoms with E-state index in [1.165, 1.54) is 5.69 Å². The molecule has 1 aliphatic rings. The summed E-state index contributed by atoms with van der Waals surface area (Å²) in [6, 6.07) is 22.6. The van der Waals surface area contributed by atoms with Crippen LogP contribution in [0, 0.1) is 0 Å². The van der Waals surface area contributed by atoms with E-state index in [2.05, 4.69) is 40.1 Å². The van der Waals surface area contributed by atoms with Gasteiger partial charge in [0.1, 0.15) is 5.75 Å². The molecule has 0 spiro atoms. The molecule has 28 heavy (non-hydrogen) atoms. The predicted octanol–water partition coefficient (Wildman–Crippen LogP) is 4.09. The molecule has 1 aliphatic heterocycles. The number of hydrogen-bond donors (Lipinski definition) is 0. The van der Waals surface area contributed by atoms with Crippen LogP contribution in [0.15, 0.2) is 66.7 Å². The van der Waals surface area contributed by atoms with Gasteiger partial charge in [0.15, 0.2) is 0 Å². The van der Waals surface area contributed by atoms with Crippen molar-refractivity contribution in [3.05, 3.63) is 66.7 Å². The molecule has 5 heteroatoms. The van der Waals surface area contributed by atoms with Gasteiger partial charge in [0.25, 0.3) is 0 Å². The minimum absolute atomic E-state index is 0.638. The normalized spacial score (nSPS) is 14.1. The van der Waals surface area contributed by atoms with E-state index in [9.17, 15) is 0 Å². The minimum atomic E-state index is 0.638. The number of pyridine rings is 1. The van der Waals surface area contributed by atoms with Crippen molar-refractivity contribution in [2.45, 2.75) is 0 Å². The second kappa shape index (κ2) is 8.21. The second-order valence-corrected chi connectivity index (χ2v) is 6.76. The summed E-state index contributed by atoms with van der Waals surface area (Å²) in [7, 11) is 3.35. The van der Waals surface area contributed by atoms with Crippen molar-refractivity contribution in [2.24, 2.45) is 0 Å². The van der Waals surface area contributed by atoms with Crippen LogP contribution >= 0.6 is 0 Å². The Labute approximate surface area is 166 Å². The first-order valence-electron chi connectivity index (χ1n) is 9.53. The van der Waals surface area contributed by atoms with Crippen LogP contribution in [0.25, 0.3) is 11.3 Å². The lowest BCUT2D eigenvalue weighted by Crippen LogP contribution is -2.46. The van der Waals surface area contributed by atoms with Crippen LogP contribution in [0.5, 0.6) is 11.6 Å². The van der Waals surface area contributed by atoms with Gasteiger partial charge in [-0.25, -0.2) is 4.98 Å². The number of piperazine rings is 1. The molecule has 0 unspecified atom stereocenters. The molecule has 0 N–H and O–H groups in total. The predicted molar refractivity (Wildman–Crippen MR) is 114 cm³/mol. The van der Waals surface area contributed by atoms with Crippen molar-refractivity contribution in [3.63, 3.8) is 0 Å². The minimum Gasteiger partial charge on any atom is -0.497 e. The van der Waals surface area contributed by atoms with Crippen molar-refractivity contribution >= 4 is 11.4 Å². The highest BCUT2D eigenvalue weighted by molar-refractivity contribution is 5.76. The number of nitrogens with zero attached hydrogens (tertiary/aromatic N) is 3. The van der Waals surface area contributed by atoms with Gasteiger partial charge in [-0.05, 0) is 30.3 Å². The Balaban J connectivity index is 1.54. The fourth-order valence-corrected chi connectivity index (χ4v) is 3.61. The Hall–Kier alpha value is -3.21. The molecule has 2 heterocycles. The van der Waals surface area contributed by atoms with E-state index in [-0.39, 0.29) is 0 Å². The molecule has 0 radical (unpaired) electrons. The lowest BCUT2D eigenvalue weighted by Gasteiger charge is -2.38. The van der Waals surface area contributed by atoms with E-state index < -0.39 is 0 Å². The summed E-state index contributed by atoms with van der Waals surface area (Å²) in [4.78, 5) is 9.56. The van der Waals surface area contributed by atoms with E-state index >= 15 is 0 Å². The molecule has 5 nitrogen and oxygen atoms in total. The Morgan fingerprint density at radius 2 is 1.39 bits per heavy atom. The van der Waals surface area contributed by atoms with Gasteiger partial charge in [0.05, 0.1) is 25.6 Å². The van der Waals surface area contributed by atoms with Gasteiger partial charge in [-0.2, -0.15) is 0 Å². The highest BCUT2D eigenvalue weighted by Crippen LogP contribution is 2.32.